The number of rotatable bonds is 8. The lowest BCUT2D eigenvalue weighted by Crippen LogP contribution is -2.51. The van der Waals surface area contributed by atoms with Gasteiger partial charge in [0.15, 0.2) is 0 Å². The molecular weight excluding hydrogens is 308 g/mol. The zero-order valence-corrected chi connectivity index (χ0v) is 16.3. The Hall–Kier alpha value is -1.16. The lowest BCUT2D eigenvalue weighted by Gasteiger charge is -2.40. The Morgan fingerprint density at radius 3 is 0.920 bits per heavy atom. The Bertz CT molecular complexity index is 329. The van der Waals surface area contributed by atoms with Gasteiger partial charge < -0.3 is 14.4 Å². The Morgan fingerprint density at radius 1 is 0.480 bits per heavy atom. The predicted octanol–water partition coefficient (Wildman–Crippen LogP) is 4.60. The van der Waals surface area contributed by atoms with E-state index in [-0.39, 0.29) is 5.48 Å². The van der Waals surface area contributed by atoms with E-state index in [0.717, 1.165) is 26.2 Å². The second-order valence-corrected chi connectivity index (χ2v) is 7.58. The van der Waals surface area contributed by atoms with Crippen molar-refractivity contribution in [2.75, 3.05) is 52.4 Å². The second kappa shape index (κ2) is 13.1. The third-order valence-corrected chi connectivity index (χ3v) is 5.60. The first-order valence-corrected chi connectivity index (χ1v) is 9.80. The number of nitrogens with zero attached hydrogens (tertiary/aromatic N) is 2. The van der Waals surface area contributed by atoms with Gasteiger partial charge in [0.25, 0.3) is 0 Å². The minimum atomic E-state index is 0. The van der Waals surface area contributed by atoms with Crippen LogP contribution in [0.1, 0.15) is 38.5 Å². The minimum absolute atomic E-state index is 0. The van der Waals surface area contributed by atoms with Gasteiger partial charge in [-0.1, -0.05) is 26.3 Å². The smallest absolute Gasteiger partial charge is 0.0973 e. The molecule has 2 aliphatic heterocycles. The van der Waals surface area contributed by atoms with Crippen molar-refractivity contribution in [1.29, 1.82) is 0 Å². The van der Waals surface area contributed by atoms with Crippen LogP contribution in [0.4, 0.5) is 0 Å². The number of piperidine rings is 2. The molecular formula is C22H40N2O. The largest absolute Gasteiger partial charge is 2.00 e. The maximum absolute atomic E-state index is 3.83. The fraction of sp³-hybridized carbons (Fsp3) is 0.636. The van der Waals surface area contributed by atoms with E-state index < -0.39 is 0 Å². The SMILES string of the molecule is C=CC[N+]1(CC=C)CCCCC1.C=CC[N+]1(CC=C)CCCCC1.[O-2]. The first kappa shape index (κ1) is 23.8. The van der Waals surface area contributed by atoms with Gasteiger partial charge in [0, 0.05) is 0 Å². The van der Waals surface area contributed by atoms with Gasteiger partial charge in [-0.15, -0.1) is 0 Å². The average Bonchev–Trinajstić information content (AvgIpc) is 2.58. The van der Waals surface area contributed by atoms with E-state index in [0.29, 0.717) is 0 Å². The monoisotopic (exact) mass is 348 g/mol. The third kappa shape index (κ3) is 8.17. The molecule has 0 amide bonds. The molecule has 2 saturated heterocycles. The molecule has 2 fully saturated rings. The molecule has 25 heavy (non-hydrogen) atoms. The van der Waals surface area contributed by atoms with Gasteiger partial charge >= 0.3 is 0 Å². The van der Waals surface area contributed by atoms with Gasteiger partial charge in [-0.05, 0) is 62.8 Å². The maximum Gasteiger partial charge on any atom is 0.0973 e. The number of hydrogen-bond donors (Lipinski definition) is 0. The van der Waals surface area contributed by atoms with Crippen LogP contribution < -0.4 is 0 Å². The van der Waals surface area contributed by atoms with Crippen molar-refractivity contribution in [3.63, 3.8) is 0 Å². The molecule has 2 heterocycles. The molecule has 0 aromatic carbocycles. The molecule has 2 aliphatic rings. The predicted molar refractivity (Wildman–Crippen MR) is 109 cm³/mol. The van der Waals surface area contributed by atoms with E-state index in [1.54, 1.807) is 0 Å². The summed E-state index contributed by atoms with van der Waals surface area (Å²) in [4.78, 5) is 0. The second-order valence-electron chi connectivity index (χ2n) is 7.58. The van der Waals surface area contributed by atoms with E-state index in [2.05, 4.69) is 50.6 Å². The normalized spacial score (nSPS) is 20.8. The molecule has 0 aliphatic carbocycles. The molecule has 144 valence electrons. The average molecular weight is 349 g/mol. The van der Waals surface area contributed by atoms with Gasteiger partial charge in [0.2, 0.25) is 0 Å². The molecule has 0 N–H and O–H groups in total. The summed E-state index contributed by atoms with van der Waals surface area (Å²) in [7, 11) is 0. The quantitative estimate of drug-likeness (QED) is 0.453. The van der Waals surface area contributed by atoms with Gasteiger partial charge in [-0.25, -0.2) is 0 Å². The molecule has 0 aromatic heterocycles. The van der Waals surface area contributed by atoms with Crippen LogP contribution in [0.5, 0.6) is 0 Å². The fourth-order valence-electron chi connectivity index (χ4n) is 4.34. The highest BCUT2D eigenvalue weighted by molar-refractivity contribution is 4.74. The highest BCUT2D eigenvalue weighted by Crippen LogP contribution is 2.19. The molecule has 0 bridgehead atoms. The van der Waals surface area contributed by atoms with Crippen molar-refractivity contribution in [2.45, 2.75) is 38.5 Å². The van der Waals surface area contributed by atoms with Gasteiger partial charge in [0.05, 0.1) is 52.4 Å². The van der Waals surface area contributed by atoms with Crippen LogP contribution in [0, 0.1) is 0 Å². The van der Waals surface area contributed by atoms with Crippen molar-refractivity contribution in [3.8, 4) is 0 Å². The molecule has 0 atom stereocenters. The van der Waals surface area contributed by atoms with Crippen molar-refractivity contribution in [3.05, 3.63) is 50.6 Å². The van der Waals surface area contributed by atoms with Crippen LogP contribution in [0.2, 0.25) is 0 Å². The number of likely N-dealkylation sites (tertiary alicyclic amines) is 2. The van der Waals surface area contributed by atoms with Crippen LogP contribution in [0.15, 0.2) is 50.6 Å². The van der Waals surface area contributed by atoms with E-state index in [9.17, 15) is 0 Å². The lowest BCUT2D eigenvalue weighted by molar-refractivity contribution is -0.921. The van der Waals surface area contributed by atoms with Crippen molar-refractivity contribution in [2.24, 2.45) is 0 Å². The minimum Gasteiger partial charge on any atom is -2.00 e. The Balaban J connectivity index is 0.000000443. The summed E-state index contributed by atoms with van der Waals surface area (Å²) in [5.74, 6) is 0. The highest BCUT2D eigenvalue weighted by Gasteiger charge is 2.27. The molecule has 0 saturated carbocycles. The molecule has 0 radical (unpaired) electrons. The Labute approximate surface area is 156 Å². The standard InChI is InChI=1S/2C11H20N.O/c2*1-3-8-12(9-4-2)10-6-5-7-11-12;/h2*3-4H,1-2,5-11H2;/q2*+1;-2. The molecule has 0 unspecified atom stereocenters. The van der Waals surface area contributed by atoms with E-state index >= 15 is 0 Å². The van der Waals surface area contributed by atoms with Gasteiger partial charge in [0.1, 0.15) is 0 Å². The summed E-state index contributed by atoms with van der Waals surface area (Å²) < 4.78 is 2.40. The lowest BCUT2D eigenvalue weighted by atomic mass is 10.1. The van der Waals surface area contributed by atoms with Crippen LogP contribution in [0.3, 0.4) is 0 Å². The number of hydrogen-bond acceptors (Lipinski definition) is 0. The zero-order chi connectivity index (χ0) is 17.7. The molecule has 0 spiro atoms. The summed E-state index contributed by atoms with van der Waals surface area (Å²) >= 11 is 0. The van der Waals surface area contributed by atoms with Crippen LogP contribution in [-0.4, -0.2) is 61.3 Å². The van der Waals surface area contributed by atoms with E-state index in [4.69, 9.17) is 0 Å². The molecule has 2 rings (SSSR count). The molecule has 3 heteroatoms. The molecule has 3 nitrogen and oxygen atoms in total. The van der Waals surface area contributed by atoms with Crippen LogP contribution in [-0.2, 0) is 5.48 Å². The summed E-state index contributed by atoms with van der Waals surface area (Å²) in [5.41, 5.74) is 0. The maximum atomic E-state index is 3.83. The van der Waals surface area contributed by atoms with Crippen molar-refractivity contribution < 1.29 is 14.4 Å². The van der Waals surface area contributed by atoms with Crippen molar-refractivity contribution in [1.82, 2.24) is 0 Å². The fourth-order valence-corrected chi connectivity index (χ4v) is 4.34. The summed E-state index contributed by atoms with van der Waals surface area (Å²) in [6.45, 7) is 25.1. The Kier molecular flexibility index (Phi) is 12.5. The number of quaternary nitrogens is 2. The summed E-state index contributed by atoms with van der Waals surface area (Å²) in [6.07, 6.45) is 16.5. The zero-order valence-electron chi connectivity index (χ0n) is 16.3. The van der Waals surface area contributed by atoms with E-state index in [1.807, 2.05) is 0 Å². The summed E-state index contributed by atoms with van der Waals surface area (Å²) in [6, 6.07) is 0. The summed E-state index contributed by atoms with van der Waals surface area (Å²) in [5, 5.41) is 0. The highest BCUT2D eigenvalue weighted by atomic mass is 16.0. The first-order valence-electron chi connectivity index (χ1n) is 9.80. The van der Waals surface area contributed by atoms with Crippen molar-refractivity contribution >= 4 is 0 Å². The Morgan fingerprint density at radius 2 is 0.720 bits per heavy atom. The first-order chi connectivity index (χ1) is 11.7. The van der Waals surface area contributed by atoms with Crippen LogP contribution in [0.25, 0.3) is 0 Å². The molecule has 0 aromatic rings. The van der Waals surface area contributed by atoms with E-state index in [1.165, 1.54) is 73.7 Å². The van der Waals surface area contributed by atoms with Crippen LogP contribution >= 0.6 is 0 Å². The topological polar surface area (TPSA) is 28.5 Å². The van der Waals surface area contributed by atoms with Gasteiger partial charge in [-0.3, -0.25) is 0 Å². The van der Waals surface area contributed by atoms with Gasteiger partial charge in [-0.2, -0.15) is 0 Å². The third-order valence-electron chi connectivity index (χ3n) is 5.60.